The van der Waals surface area contributed by atoms with Crippen LogP contribution in [-0.2, 0) is 66.7 Å². The van der Waals surface area contributed by atoms with E-state index in [1.165, 1.54) is 28.4 Å². The van der Waals surface area contributed by atoms with E-state index < -0.39 is 83.5 Å². The summed E-state index contributed by atoms with van der Waals surface area (Å²) < 4.78 is 43.7. The lowest BCUT2D eigenvalue weighted by Gasteiger charge is -2.58. The van der Waals surface area contributed by atoms with Crippen molar-refractivity contribution in [2.75, 3.05) is 62.0 Å². The van der Waals surface area contributed by atoms with Gasteiger partial charge >= 0.3 is 35.8 Å². The van der Waals surface area contributed by atoms with E-state index in [1.54, 1.807) is 0 Å². The molecule has 0 aromatic carbocycles. The average Bonchev–Trinajstić information content (AvgIpc) is 3.25. The number of esters is 6. The fourth-order valence-corrected chi connectivity index (χ4v) is 12.0. The van der Waals surface area contributed by atoms with E-state index in [0.29, 0.717) is 12.8 Å². The van der Waals surface area contributed by atoms with Crippen molar-refractivity contribution in [3.63, 3.8) is 0 Å². The minimum absolute atomic E-state index is 0.00975. The molecule has 0 saturated heterocycles. The van der Waals surface area contributed by atoms with E-state index in [0.717, 1.165) is 63.2 Å². The number of allylic oxidation sites excluding steroid dienone is 1. The summed E-state index contributed by atoms with van der Waals surface area (Å²) in [6.45, 7) is 15.1. The monoisotopic (exact) mass is 876 g/mol. The van der Waals surface area contributed by atoms with Gasteiger partial charge in [0, 0.05) is 23.9 Å². The van der Waals surface area contributed by atoms with Crippen LogP contribution >= 0.6 is 0 Å². The second-order valence-electron chi connectivity index (χ2n) is 19.2. The summed E-state index contributed by atoms with van der Waals surface area (Å²) in [6.07, 6.45) is 5.53. The van der Waals surface area contributed by atoms with E-state index >= 15 is 0 Å². The van der Waals surface area contributed by atoms with Crippen molar-refractivity contribution in [2.45, 2.75) is 117 Å². The third-order valence-corrected chi connectivity index (χ3v) is 15.7. The SMILES string of the molecule is C=C1CCC2[C@](C)(COC(=O)[C@@H](CC(=O)OC)[C@@H](OC[C@H]3C(C)=CCC4[C@](C)(CO)CCC[C@@]43C)C(=O)OC)CCC[C@]2(C)[C@H]1CO[C@@H](C(=O)OC)[C@H](CC(=O)OC)C(=O)OC. The van der Waals surface area contributed by atoms with Crippen molar-refractivity contribution in [3.8, 4) is 0 Å². The van der Waals surface area contributed by atoms with Gasteiger partial charge in [0.25, 0.3) is 0 Å². The van der Waals surface area contributed by atoms with Gasteiger partial charge in [0.1, 0.15) is 11.8 Å². The predicted molar refractivity (Wildman–Crippen MR) is 225 cm³/mol. The highest BCUT2D eigenvalue weighted by atomic mass is 16.6. The maximum Gasteiger partial charge on any atom is 0.335 e. The summed E-state index contributed by atoms with van der Waals surface area (Å²) >= 11 is 0. The van der Waals surface area contributed by atoms with Crippen LogP contribution in [0.4, 0.5) is 0 Å². The first-order valence-electron chi connectivity index (χ1n) is 22.0. The van der Waals surface area contributed by atoms with Crippen LogP contribution in [0.5, 0.6) is 0 Å². The molecule has 0 radical (unpaired) electrons. The highest BCUT2D eigenvalue weighted by molar-refractivity contribution is 5.88. The van der Waals surface area contributed by atoms with E-state index in [-0.39, 0.29) is 60.9 Å². The Labute approximate surface area is 367 Å². The standard InChI is InChI=1S/C47H72O15/c1-28-14-16-34-44(3,26-48)18-12-20-46(34,5)32(28)24-61-39(43(54)59-11)31(23-37(50)56-8)41(52)62-27-45(4)19-13-21-47(6)33(29(2)15-17-35(45)47)25-60-38(42(53)58-10)30(40(51)57-9)22-36(49)55-7/h14,30-35,38-39,48H,2,12-13,15-27H2,1,3-11H3/t30-,31-,32-,33-,34?,35?,38+,39+,44-,45-,46+,47+/m0/s1. The van der Waals surface area contributed by atoms with Crippen LogP contribution in [0, 0.1) is 57.2 Å². The first kappa shape index (κ1) is 50.8. The van der Waals surface area contributed by atoms with Crippen LogP contribution in [0.3, 0.4) is 0 Å². The van der Waals surface area contributed by atoms with Gasteiger partial charge in [-0.15, -0.1) is 0 Å². The molecule has 3 saturated carbocycles. The van der Waals surface area contributed by atoms with Gasteiger partial charge in [-0.2, -0.15) is 0 Å². The number of ether oxygens (including phenoxy) is 8. The first-order valence-corrected chi connectivity index (χ1v) is 22.0. The smallest absolute Gasteiger partial charge is 0.335 e. The lowest BCUT2D eigenvalue weighted by Crippen LogP contribution is -2.54. The molecule has 0 spiro atoms. The summed E-state index contributed by atoms with van der Waals surface area (Å²) in [5.74, 6) is -7.64. The van der Waals surface area contributed by atoms with E-state index in [9.17, 15) is 33.9 Å². The molecule has 2 unspecified atom stereocenters. The molecular weight excluding hydrogens is 805 g/mol. The van der Waals surface area contributed by atoms with Gasteiger partial charge in [0.2, 0.25) is 0 Å². The third kappa shape index (κ3) is 10.6. The molecule has 4 rings (SSSR count). The Kier molecular flexibility index (Phi) is 17.4. The van der Waals surface area contributed by atoms with Crippen LogP contribution < -0.4 is 0 Å². The summed E-state index contributed by atoms with van der Waals surface area (Å²) in [5.41, 5.74) is 0.497. The zero-order valence-electron chi connectivity index (χ0n) is 38.7. The second kappa shape index (κ2) is 21.2. The van der Waals surface area contributed by atoms with Crippen molar-refractivity contribution in [1.29, 1.82) is 0 Å². The molecule has 0 heterocycles. The molecule has 62 heavy (non-hydrogen) atoms. The number of hydrogen-bond donors (Lipinski definition) is 1. The van der Waals surface area contributed by atoms with Crippen LogP contribution in [0.15, 0.2) is 23.8 Å². The molecule has 3 fully saturated rings. The van der Waals surface area contributed by atoms with Gasteiger partial charge in [-0.05, 0) is 80.0 Å². The maximum absolute atomic E-state index is 14.3. The van der Waals surface area contributed by atoms with Crippen LogP contribution in [0.1, 0.15) is 105 Å². The van der Waals surface area contributed by atoms with Crippen LogP contribution in [0.2, 0.25) is 0 Å². The Bertz CT molecular complexity index is 1690. The summed E-state index contributed by atoms with van der Waals surface area (Å²) in [7, 11) is 5.91. The van der Waals surface area contributed by atoms with Crippen LogP contribution in [-0.4, -0.2) is 115 Å². The highest BCUT2D eigenvalue weighted by Crippen LogP contribution is 2.62. The topological polar surface area (TPSA) is 196 Å². The minimum Gasteiger partial charge on any atom is -0.469 e. The Morgan fingerprint density at radius 2 is 1.16 bits per heavy atom. The normalized spacial score (nSPS) is 32.6. The van der Waals surface area contributed by atoms with E-state index in [1.807, 2.05) is 6.92 Å². The molecule has 12 atom stereocenters. The summed E-state index contributed by atoms with van der Waals surface area (Å²) in [5, 5.41) is 10.5. The fraction of sp³-hybridized carbons (Fsp3) is 0.787. The Morgan fingerprint density at radius 3 is 1.66 bits per heavy atom. The van der Waals surface area contributed by atoms with Crippen molar-refractivity contribution in [1.82, 2.24) is 0 Å². The number of aliphatic hydroxyl groups is 1. The number of aliphatic hydroxyl groups excluding tert-OH is 1. The number of carbonyl (C=O) groups excluding carboxylic acids is 6. The lowest BCUT2D eigenvalue weighted by molar-refractivity contribution is -0.181. The maximum atomic E-state index is 14.3. The van der Waals surface area contributed by atoms with Gasteiger partial charge < -0.3 is 43.0 Å². The lowest BCUT2D eigenvalue weighted by atomic mass is 9.47. The first-order chi connectivity index (χ1) is 29.2. The second-order valence-corrected chi connectivity index (χ2v) is 19.2. The summed E-state index contributed by atoms with van der Waals surface area (Å²) in [6, 6.07) is 0. The van der Waals surface area contributed by atoms with Gasteiger partial charge in [0.15, 0.2) is 12.2 Å². The van der Waals surface area contributed by atoms with Gasteiger partial charge in [-0.25, -0.2) is 9.59 Å². The molecule has 4 aliphatic carbocycles. The Hall–Kier alpha value is -3.82. The zero-order chi connectivity index (χ0) is 46.2. The Balaban J connectivity index is 1.57. The number of fused-ring (bicyclic) bond motifs is 2. The molecule has 0 aliphatic heterocycles. The molecule has 0 bridgehead atoms. The molecule has 15 heteroatoms. The highest BCUT2D eigenvalue weighted by Gasteiger charge is 2.57. The average molecular weight is 877 g/mol. The number of carbonyl (C=O) groups is 6. The number of rotatable bonds is 19. The molecule has 1 N–H and O–H groups in total. The third-order valence-electron chi connectivity index (χ3n) is 15.7. The van der Waals surface area contributed by atoms with Crippen molar-refractivity contribution < 1.29 is 71.8 Å². The molecule has 15 nitrogen and oxygen atoms in total. The van der Waals surface area contributed by atoms with E-state index in [2.05, 4.69) is 40.3 Å². The van der Waals surface area contributed by atoms with Crippen molar-refractivity contribution in [3.05, 3.63) is 23.8 Å². The molecular formula is C47H72O15. The number of methoxy groups -OCH3 is 5. The van der Waals surface area contributed by atoms with Crippen molar-refractivity contribution in [2.24, 2.45) is 57.2 Å². The van der Waals surface area contributed by atoms with Gasteiger partial charge in [-0.1, -0.05) is 64.3 Å². The minimum atomic E-state index is -1.46. The fourth-order valence-electron chi connectivity index (χ4n) is 12.0. The largest absolute Gasteiger partial charge is 0.469 e. The van der Waals surface area contributed by atoms with E-state index in [4.69, 9.17) is 37.9 Å². The number of hydrogen-bond acceptors (Lipinski definition) is 15. The zero-order valence-corrected chi connectivity index (χ0v) is 38.7. The molecule has 350 valence electrons. The molecule has 4 aliphatic rings. The van der Waals surface area contributed by atoms with Gasteiger partial charge in [0.05, 0.1) is 68.2 Å². The summed E-state index contributed by atoms with van der Waals surface area (Å²) in [4.78, 5) is 78.9. The molecule has 0 amide bonds. The van der Waals surface area contributed by atoms with Gasteiger partial charge in [-0.3, -0.25) is 19.2 Å². The van der Waals surface area contributed by atoms with Crippen molar-refractivity contribution >= 4 is 35.8 Å². The van der Waals surface area contributed by atoms with Crippen LogP contribution in [0.25, 0.3) is 0 Å². The Morgan fingerprint density at radius 1 is 0.677 bits per heavy atom. The predicted octanol–water partition coefficient (Wildman–Crippen LogP) is 5.73. The quantitative estimate of drug-likeness (QED) is 0.0938. The molecule has 0 aromatic heterocycles. The molecule has 0 aromatic rings.